The lowest BCUT2D eigenvalue weighted by molar-refractivity contribution is -0.132. The maximum atomic E-state index is 12.3. The van der Waals surface area contributed by atoms with Gasteiger partial charge in [-0.2, -0.15) is 0 Å². The lowest BCUT2D eigenvalue weighted by atomic mass is 9.95. The minimum Gasteiger partial charge on any atom is -0.342 e. The molecule has 0 aliphatic carbocycles. The first-order chi connectivity index (χ1) is 9.19. The van der Waals surface area contributed by atoms with Crippen LogP contribution in [0.15, 0.2) is 28.7 Å². The van der Waals surface area contributed by atoms with Crippen molar-refractivity contribution in [2.75, 3.05) is 19.0 Å². The summed E-state index contributed by atoms with van der Waals surface area (Å²) in [6, 6.07) is 7.97. The van der Waals surface area contributed by atoms with E-state index in [2.05, 4.69) is 15.9 Å². The zero-order valence-electron chi connectivity index (χ0n) is 10.9. The van der Waals surface area contributed by atoms with E-state index in [0.29, 0.717) is 18.2 Å². The van der Waals surface area contributed by atoms with Crippen LogP contribution in [0.5, 0.6) is 0 Å². The molecule has 19 heavy (non-hydrogen) atoms. The molecule has 1 fully saturated rings. The molecule has 0 radical (unpaired) electrons. The van der Waals surface area contributed by atoms with Gasteiger partial charge in [0.25, 0.3) is 0 Å². The average molecular weight is 345 g/mol. The summed E-state index contributed by atoms with van der Waals surface area (Å²) >= 11 is 9.20. The van der Waals surface area contributed by atoms with Crippen molar-refractivity contribution in [2.45, 2.75) is 25.7 Å². The highest BCUT2D eigenvalue weighted by molar-refractivity contribution is 9.10. The largest absolute Gasteiger partial charge is 0.342 e. The lowest BCUT2D eigenvalue weighted by Crippen LogP contribution is -2.40. The summed E-state index contributed by atoms with van der Waals surface area (Å²) in [6.45, 7) is 1.77. The summed E-state index contributed by atoms with van der Waals surface area (Å²) in [5.74, 6) is 1.51. The van der Waals surface area contributed by atoms with Gasteiger partial charge < -0.3 is 4.90 Å². The third-order valence-electron chi connectivity index (χ3n) is 3.66. The van der Waals surface area contributed by atoms with Crippen molar-refractivity contribution in [3.63, 3.8) is 0 Å². The molecule has 104 valence electrons. The number of carbonyl (C=O) groups excluding carboxylic acids is 1. The Balaban J connectivity index is 1.90. The van der Waals surface area contributed by atoms with Gasteiger partial charge in [0.1, 0.15) is 0 Å². The molecule has 1 aromatic carbocycles. The summed E-state index contributed by atoms with van der Waals surface area (Å²) in [5.41, 5.74) is 1.08. The third-order valence-corrected chi connectivity index (χ3v) is 4.40. The molecule has 0 N–H and O–H groups in total. The second-order valence-corrected chi connectivity index (χ2v) is 6.42. The molecule has 2 rings (SSSR count). The zero-order chi connectivity index (χ0) is 13.7. The van der Waals surface area contributed by atoms with E-state index in [0.717, 1.165) is 36.0 Å². The van der Waals surface area contributed by atoms with Gasteiger partial charge in [0.2, 0.25) is 5.91 Å². The van der Waals surface area contributed by atoms with E-state index in [1.54, 1.807) is 0 Å². The Morgan fingerprint density at radius 2 is 2.11 bits per heavy atom. The molecular weight excluding hydrogens is 326 g/mol. The summed E-state index contributed by atoms with van der Waals surface area (Å²) in [6.07, 6.45) is 3.83. The maximum absolute atomic E-state index is 12.3. The van der Waals surface area contributed by atoms with Crippen molar-refractivity contribution in [3.8, 4) is 0 Å². The first kappa shape index (κ1) is 14.9. The van der Waals surface area contributed by atoms with E-state index in [9.17, 15) is 4.79 Å². The van der Waals surface area contributed by atoms with Crippen molar-refractivity contribution >= 4 is 33.4 Å². The number of rotatable bonds is 4. The van der Waals surface area contributed by atoms with Gasteiger partial charge in [-0.1, -0.05) is 28.1 Å². The highest BCUT2D eigenvalue weighted by atomic mass is 79.9. The minimum absolute atomic E-state index is 0.238. The van der Waals surface area contributed by atoms with Crippen LogP contribution in [0.3, 0.4) is 0 Å². The fraction of sp³-hybridized carbons (Fsp3) is 0.533. The molecule has 1 aromatic rings. The predicted octanol–water partition coefficient (Wildman–Crippen LogP) is 3.86. The molecule has 0 spiro atoms. The Morgan fingerprint density at radius 3 is 2.79 bits per heavy atom. The number of halogens is 2. The molecule has 2 nitrogen and oxygen atoms in total. The Kier molecular flexibility index (Phi) is 5.71. The summed E-state index contributed by atoms with van der Waals surface area (Å²) in [5, 5.41) is 0. The molecule has 0 bridgehead atoms. The normalized spacial score (nSPS) is 19.5. The minimum atomic E-state index is 0.238. The van der Waals surface area contributed by atoms with Crippen molar-refractivity contribution in [3.05, 3.63) is 34.3 Å². The predicted molar refractivity (Wildman–Crippen MR) is 82.5 cm³/mol. The van der Waals surface area contributed by atoms with Crippen LogP contribution in [0.1, 0.15) is 24.8 Å². The van der Waals surface area contributed by atoms with E-state index in [1.807, 2.05) is 29.2 Å². The molecule has 1 atom stereocenters. The van der Waals surface area contributed by atoms with Gasteiger partial charge in [-0.3, -0.25) is 4.79 Å². The number of carbonyl (C=O) groups is 1. The van der Waals surface area contributed by atoms with Gasteiger partial charge in [0.15, 0.2) is 0 Å². The lowest BCUT2D eigenvalue weighted by Gasteiger charge is -2.32. The first-order valence-corrected chi connectivity index (χ1v) is 8.10. The van der Waals surface area contributed by atoms with Gasteiger partial charge in [-0.05, 0) is 42.9 Å². The summed E-state index contributed by atoms with van der Waals surface area (Å²) in [7, 11) is 0. The highest BCUT2D eigenvalue weighted by Crippen LogP contribution is 2.21. The molecule has 1 aliphatic heterocycles. The molecule has 1 saturated heterocycles. The maximum Gasteiger partial charge on any atom is 0.226 e. The molecule has 0 saturated carbocycles. The van der Waals surface area contributed by atoms with Crippen LogP contribution in [-0.4, -0.2) is 29.8 Å². The average Bonchev–Trinajstić information content (AvgIpc) is 2.42. The van der Waals surface area contributed by atoms with Gasteiger partial charge in [0, 0.05) is 23.4 Å². The SMILES string of the molecule is O=C(Cc1ccc(Br)cc1)N1CCCC(CCCl)C1. The Labute approximate surface area is 128 Å². The van der Waals surface area contributed by atoms with Crippen LogP contribution in [0.4, 0.5) is 0 Å². The Bertz CT molecular complexity index is 419. The first-order valence-electron chi connectivity index (χ1n) is 6.77. The summed E-state index contributed by atoms with van der Waals surface area (Å²) in [4.78, 5) is 14.3. The number of alkyl halides is 1. The van der Waals surface area contributed by atoms with Crippen LogP contribution < -0.4 is 0 Å². The standard InChI is InChI=1S/C15H19BrClNO/c16-14-5-3-12(4-6-14)10-15(19)18-9-1-2-13(11-18)7-8-17/h3-6,13H,1-2,7-11H2. The van der Waals surface area contributed by atoms with Gasteiger partial charge >= 0.3 is 0 Å². The number of nitrogens with zero attached hydrogens (tertiary/aromatic N) is 1. The van der Waals surface area contributed by atoms with Crippen molar-refractivity contribution in [1.82, 2.24) is 4.90 Å². The van der Waals surface area contributed by atoms with Crippen molar-refractivity contribution in [2.24, 2.45) is 5.92 Å². The van der Waals surface area contributed by atoms with E-state index < -0.39 is 0 Å². The number of hydrogen-bond donors (Lipinski definition) is 0. The van der Waals surface area contributed by atoms with Gasteiger partial charge in [-0.25, -0.2) is 0 Å². The Morgan fingerprint density at radius 1 is 1.37 bits per heavy atom. The van der Waals surface area contributed by atoms with Gasteiger partial charge in [-0.15, -0.1) is 11.6 Å². The van der Waals surface area contributed by atoms with E-state index in [4.69, 9.17) is 11.6 Å². The van der Waals surface area contributed by atoms with E-state index >= 15 is 0 Å². The molecule has 1 unspecified atom stereocenters. The second kappa shape index (κ2) is 7.30. The third kappa shape index (κ3) is 4.50. The van der Waals surface area contributed by atoms with Crippen LogP contribution in [0, 0.1) is 5.92 Å². The fourth-order valence-electron chi connectivity index (χ4n) is 2.57. The molecular formula is C15H19BrClNO. The zero-order valence-corrected chi connectivity index (χ0v) is 13.3. The smallest absolute Gasteiger partial charge is 0.226 e. The summed E-state index contributed by atoms with van der Waals surface area (Å²) < 4.78 is 1.05. The van der Waals surface area contributed by atoms with E-state index in [-0.39, 0.29) is 5.91 Å². The number of benzene rings is 1. The number of hydrogen-bond acceptors (Lipinski definition) is 1. The highest BCUT2D eigenvalue weighted by Gasteiger charge is 2.23. The molecule has 1 amide bonds. The van der Waals surface area contributed by atoms with Crippen LogP contribution in [-0.2, 0) is 11.2 Å². The van der Waals surface area contributed by atoms with Crippen molar-refractivity contribution < 1.29 is 4.79 Å². The molecule has 4 heteroatoms. The van der Waals surface area contributed by atoms with E-state index in [1.165, 1.54) is 6.42 Å². The van der Waals surface area contributed by atoms with Crippen molar-refractivity contribution in [1.29, 1.82) is 0 Å². The quantitative estimate of drug-likeness (QED) is 0.760. The topological polar surface area (TPSA) is 20.3 Å². The monoisotopic (exact) mass is 343 g/mol. The molecule has 1 aliphatic rings. The fourth-order valence-corrected chi connectivity index (χ4v) is 3.14. The molecule has 1 heterocycles. The Hall–Kier alpha value is -0.540. The number of amides is 1. The number of piperidine rings is 1. The number of likely N-dealkylation sites (tertiary alicyclic amines) is 1. The van der Waals surface area contributed by atoms with Gasteiger partial charge in [0.05, 0.1) is 6.42 Å². The van der Waals surface area contributed by atoms with Crippen LogP contribution >= 0.6 is 27.5 Å². The van der Waals surface area contributed by atoms with Crippen LogP contribution in [0.2, 0.25) is 0 Å². The van der Waals surface area contributed by atoms with Crippen LogP contribution in [0.25, 0.3) is 0 Å². The second-order valence-electron chi connectivity index (χ2n) is 5.13. The molecule has 0 aromatic heterocycles.